The molecule has 0 spiro atoms. The van der Waals surface area contributed by atoms with Crippen LogP contribution in [0.1, 0.15) is 20.7 Å². The third-order valence-electron chi connectivity index (χ3n) is 3.13. The summed E-state index contributed by atoms with van der Waals surface area (Å²) in [4.78, 5) is 24.1. The molecule has 20 heavy (non-hydrogen) atoms. The van der Waals surface area contributed by atoms with E-state index in [0.717, 1.165) is 0 Å². The first-order chi connectivity index (χ1) is 9.77. The van der Waals surface area contributed by atoms with E-state index in [1.165, 1.54) is 0 Å². The Bertz CT molecular complexity index is 616. The molecule has 0 aliphatic carbocycles. The topological polar surface area (TPSA) is 52.6 Å². The van der Waals surface area contributed by atoms with Crippen molar-refractivity contribution in [2.75, 3.05) is 13.2 Å². The van der Waals surface area contributed by atoms with Crippen molar-refractivity contribution >= 4 is 11.9 Å². The van der Waals surface area contributed by atoms with Crippen molar-refractivity contribution in [1.82, 2.24) is 0 Å². The van der Waals surface area contributed by atoms with Gasteiger partial charge in [0.05, 0.1) is 11.1 Å². The lowest BCUT2D eigenvalue weighted by Gasteiger charge is -2.15. The molecule has 0 radical (unpaired) electrons. The van der Waals surface area contributed by atoms with Crippen LogP contribution < -0.4 is 0 Å². The summed E-state index contributed by atoms with van der Waals surface area (Å²) in [5.74, 6) is -0.818. The number of cyclic esters (lactones) is 2. The number of ether oxygens (including phenoxy) is 2. The number of benzene rings is 2. The minimum absolute atomic E-state index is 0.0566. The molecule has 4 heteroatoms. The van der Waals surface area contributed by atoms with Gasteiger partial charge >= 0.3 is 11.9 Å². The molecule has 0 saturated heterocycles. The van der Waals surface area contributed by atoms with Crippen molar-refractivity contribution in [1.29, 1.82) is 0 Å². The molecule has 2 aromatic rings. The van der Waals surface area contributed by atoms with Gasteiger partial charge in [0.25, 0.3) is 0 Å². The SMILES string of the molecule is O=C1OCCOC(=O)c2ccccc2-c2ccccc21. The van der Waals surface area contributed by atoms with Crippen LogP contribution in [0.5, 0.6) is 0 Å². The van der Waals surface area contributed by atoms with Crippen LogP contribution in [0.2, 0.25) is 0 Å². The normalized spacial score (nSPS) is 14.6. The third kappa shape index (κ3) is 2.16. The van der Waals surface area contributed by atoms with Crippen molar-refractivity contribution in [3.8, 4) is 11.1 Å². The highest BCUT2D eigenvalue weighted by atomic mass is 16.6. The first kappa shape index (κ1) is 12.4. The second kappa shape index (κ2) is 5.17. The number of carbonyl (C=O) groups is 2. The number of fused-ring (bicyclic) bond motifs is 3. The fourth-order valence-electron chi connectivity index (χ4n) is 2.22. The van der Waals surface area contributed by atoms with Crippen molar-refractivity contribution in [2.45, 2.75) is 0 Å². The zero-order chi connectivity index (χ0) is 13.9. The minimum atomic E-state index is -0.409. The van der Waals surface area contributed by atoms with Crippen LogP contribution in [-0.2, 0) is 9.47 Å². The molecule has 1 aliphatic heterocycles. The summed E-state index contributed by atoms with van der Waals surface area (Å²) in [6.45, 7) is 0.113. The Morgan fingerprint density at radius 2 is 0.950 bits per heavy atom. The average molecular weight is 268 g/mol. The van der Waals surface area contributed by atoms with Crippen molar-refractivity contribution in [3.63, 3.8) is 0 Å². The Kier molecular flexibility index (Phi) is 3.21. The second-order valence-corrected chi connectivity index (χ2v) is 4.36. The van der Waals surface area contributed by atoms with Crippen LogP contribution in [0.15, 0.2) is 48.5 Å². The highest BCUT2D eigenvalue weighted by molar-refractivity contribution is 6.03. The van der Waals surface area contributed by atoms with Gasteiger partial charge in [-0.2, -0.15) is 0 Å². The van der Waals surface area contributed by atoms with Crippen LogP contribution in [-0.4, -0.2) is 25.2 Å². The molecule has 0 saturated carbocycles. The zero-order valence-corrected chi connectivity index (χ0v) is 10.7. The molecule has 1 heterocycles. The minimum Gasteiger partial charge on any atom is -0.458 e. The van der Waals surface area contributed by atoms with Gasteiger partial charge in [-0.15, -0.1) is 0 Å². The Morgan fingerprint density at radius 1 is 0.600 bits per heavy atom. The molecule has 0 atom stereocenters. The Balaban J connectivity index is 2.25. The van der Waals surface area contributed by atoms with E-state index in [4.69, 9.17) is 9.47 Å². The van der Waals surface area contributed by atoms with Gasteiger partial charge in [-0.3, -0.25) is 0 Å². The van der Waals surface area contributed by atoms with Gasteiger partial charge in [0.2, 0.25) is 0 Å². The molecule has 4 nitrogen and oxygen atoms in total. The largest absolute Gasteiger partial charge is 0.458 e. The molecule has 2 aromatic carbocycles. The molecule has 0 bridgehead atoms. The molecule has 0 unspecified atom stereocenters. The van der Waals surface area contributed by atoms with Crippen molar-refractivity contribution < 1.29 is 19.1 Å². The maximum atomic E-state index is 12.1. The first-order valence-electron chi connectivity index (χ1n) is 6.30. The van der Waals surface area contributed by atoms with Gasteiger partial charge in [0.1, 0.15) is 13.2 Å². The van der Waals surface area contributed by atoms with E-state index in [-0.39, 0.29) is 13.2 Å². The number of carbonyl (C=O) groups excluding carboxylic acids is 2. The fraction of sp³-hybridized carbons (Fsp3) is 0.125. The quantitative estimate of drug-likeness (QED) is 0.689. The van der Waals surface area contributed by atoms with Crippen molar-refractivity contribution in [3.05, 3.63) is 59.7 Å². The molecule has 0 fully saturated rings. The Morgan fingerprint density at radius 3 is 1.35 bits per heavy atom. The summed E-state index contributed by atoms with van der Waals surface area (Å²) < 4.78 is 10.2. The molecule has 0 aromatic heterocycles. The lowest BCUT2D eigenvalue weighted by atomic mass is 9.95. The molecule has 3 rings (SSSR count). The molecular formula is C16H12O4. The van der Waals surface area contributed by atoms with E-state index in [1.807, 2.05) is 12.1 Å². The maximum Gasteiger partial charge on any atom is 0.338 e. The fourth-order valence-corrected chi connectivity index (χ4v) is 2.22. The highest BCUT2D eigenvalue weighted by Gasteiger charge is 2.21. The monoisotopic (exact) mass is 268 g/mol. The highest BCUT2D eigenvalue weighted by Crippen LogP contribution is 2.28. The first-order valence-corrected chi connectivity index (χ1v) is 6.30. The number of hydrogen-bond acceptors (Lipinski definition) is 4. The van der Waals surface area contributed by atoms with E-state index >= 15 is 0 Å². The second-order valence-electron chi connectivity index (χ2n) is 4.36. The Labute approximate surface area is 115 Å². The van der Waals surface area contributed by atoms with Crippen molar-refractivity contribution in [2.24, 2.45) is 0 Å². The molecule has 1 aliphatic rings. The van der Waals surface area contributed by atoms with Gasteiger partial charge in [-0.1, -0.05) is 36.4 Å². The van der Waals surface area contributed by atoms with Gasteiger partial charge < -0.3 is 9.47 Å². The molecule has 0 N–H and O–H groups in total. The van der Waals surface area contributed by atoms with Crippen LogP contribution in [0, 0.1) is 0 Å². The lowest BCUT2D eigenvalue weighted by Crippen LogP contribution is -2.17. The molecule has 0 amide bonds. The Hall–Kier alpha value is -2.62. The van der Waals surface area contributed by atoms with Gasteiger partial charge in [-0.25, -0.2) is 9.59 Å². The summed E-state index contributed by atoms with van der Waals surface area (Å²) in [7, 11) is 0. The molecule has 100 valence electrons. The predicted octanol–water partition coefficient (Wildman–Crippen LogP) is 2.68. The maximum absolute atomic E-state index is 12.1. The average Bonchev–Trinajstić information content (AvgIpc) is 2.50. The van der Waals surface area contributed by atoms with E-state index in [0.29, 0.717) is 22.3 Å². The number of hydrogen-bond donors (Lipinski definition) is 0. The summed E-state index contributed by atoms with van der Waals surface area (Å²) in [6.07, 6.45) is 0. The lowest BCUT2D eigenvalue weighted by molar-refractivity contribution is 0.0264. The van der Waals surface area contributed by atoms with Crippen LogP contribution >= 0.6 is 0 Å². The van der Waals surface area contributed by atoms with Gasteiger partial charge in [0.15, 0.2) is 0 Å². The van der Waals surface area contributed by atoms with Crippen LogP contribution in [0.3, 0.4) is 0 Å². The van der Waals surface area contributed by atoms with E-state index in [1.54, 1.807) is 36.4 Å². The van der Waals surface area contributed by atoms with Crippen LogP contribution in [0.4, 0.5) is 0 Å². The molecular weight excluding hydrogens is 256 g/mol. The summed E-state index contributed by atoms with van der Waals surface area (Å²) in [5, 5.41) is 0. The predicted molar refractivity (Wildman–Crippen MR) is 72.4 cm³/mol. The van der Waals surface area contributed by atoms with Crippen LogP contribution in [0.25, 0.3) is 11.1 Å². The third-order valence-corrected chi connectivity index (χ3v) is 3.13. The van der Waals surface area contributed by atoms with Gasteiger partial charge in [-0.05, 0) is 23.3 Å². The van der Waals surface area contributed by atoms with E-state index in [9.17, 15) is 9.59 Å². The number of rotatable bonds is 0. The van der Waals surface area contributed by atoms with E-state index in [2.05, 4.69) is 0 Å². The van der Waals surface area contributed by atoms with Gasteiger partial charge in [0, 0.05) is 0 Å². The summed E-state index contributed by atoms with van der Waals surface area (Å²) >= 11 is 0. The summed E-state index contributed by atoms with van der Waals surface area (Å²) in [6, 6.07) is 14.2. The standard InChI is InChI=1S/C16H12O4/c17-15-13-7-3-1-5-11(13)12-6-2-4-8-14(12)16(18)20-10-9-19-15/h1-8H,9-10H2. The van der Waals surface area contributed by atoms with E-state index < -0.39 is 11.9 Å². The smallest absolute Gasteiger partial charge is 0.338 e. The number of esters is 2. The summed E-state index contributed by atoms with van der Waals surface area (Å²) in [5.41, 5.74) is 2.25. The zero-order valence-electron chi connectivity index (χ0n) is 10.7.